The van der Waals surface area contributed by atoms with E-state index in [1.807, 2.05) is 12.1 Å². The van der Waals surface area contributed by atoms with Gasteiger partial charge in [0.25, 0.3) is 0 Å². The highest BCUT2D eigenvalue weighted by atomic mass is 127. The van der Waals surface area contributed by atoms with Crippen LogP contribution >= 0.6 is 24.0 Å². The number of guanidine groups is 1. The lowest BCUT2D eigenvalue weighted by Gasteiger charge is -2.33. The van der Waals surface area contributed by atoms with Crippen LogP contribution in [-0.2, 0) is 6.42 Å². The third-order valence-electron chi connectivity index (χ3n) is 4.62. The van der Waals surface area contributed by atoms with Gasteiger partial charge in [-0.05, 0) is 37.8 Å². The van der Waals surface area contributed by atoms with Gasteiger partial charge in [-0.3, -0.25) is 9.89 Å². The number of methoxy groups -OCH3 is 1. The van der Waals surface area contributed by atoms with Crippen LogP contribution in [0.15, 0.2) is 35.3 Å². The number of likely N-dealkylation sites (tertiary alicyclic amines) is 1. The van der Waals surface area contributed by atoms with Crippen LogP contribution in [0.4, 0.5) is 0 Å². The lowest BCUT2D eigenvalue weighted by atomic mass is 10.0. The predicted molar refractivity (Wildman–Crippen MR) is 123 cm³/mol. The minimum atomic E-state index is 0. The molecule has 0 aromatic heterocycles. The van der Waals surface area contributed by atoms with Crippen LogP contribution < -0.4 is 15.4 Å². The lowest BCUT2D eigenvalue weighted by molar-refractivity contribution is 0.221. The number of nitrogens with zero attached hydrogens (tertiary/aromatic N) is 2. The van der Waals surface area contributed by atoms with Crippen LogP contribution in [0.25, 0.3) is 0 Å². The molecule has 6 nitrogen and oxygen atoms in total. The summed E-state index contributed by atoms with van der Waals surface area (Å²) in [6.07, 6.45) is 2.92. The van der Waals surface area contributed by atoms with Gasteiger partial charge in [-0.25, -0.2) is 0 Å². The average molecular weight is 488 g/mol. The number of nitrogens with one attached hydrogen (secondary N) is 2. The van der Waals surface area contributed by atoms with E-state index in [9.17, 15) is 5.11 Å². The molecule has 3 N–H and O–H groups in total. The minimum absolute atomic E-state index is 0. The number of benzene rings is 1. The normalized spacial score (nSPS) is 15.7. The van der Waals surface area contributed by atoms with E-state index in [1.54, 1.807) is 20.2 Å². The first-order chi connectivity index (χ1) is 12.5. The van der Waals surface area contributed by atoms with Crippen molar-refractivity contribution in [3.63, 3.8) is 0 Å². The lowest BCUT2D eigenvalue weighted by Crippen LogP contribution is -2.49. The van der Waals surface area contributed by atoms with Gasteiger partial charge in [0.15, 0.2) is 5.96 Å². The van der Waals surface area contributed by atoms with E-state index in [0.29, 0.717) is 24.8 Å². The first kappa shape index (κ1) is 23.6. The number of hydrogen-bond donors (Lipinski definition) is 3. The summed E-state index contributed by atoms with van der Waals surface area (Å²) in [6, 6.07) is 5.84. The molecule has 0 spiro atoms. The number of aromatic hydroxyl groups is 1. The topological polar surface area (TPSA) is 69.1 Å². The van der Waals surface area contributed by atoms with Crippen molar-refractivity contribution in [1.29, 1.82) is 0 Å². The fourth-order valence-corrected chi connectivity index (χ4v) is 3.20. The Hall–Kier alpha value is -1.48. The second-order valence-corrected chi connectivity index (χ2v) is 6.90. The van der Waals surface area contributed by atoms with Crippen LogP contribution in [0.5, 0.6) is 11.5 Å². The molecule has 2 rings (SSSR count). The number of ether oxygens (including phenoxy) is 1. The van der Waals surface area contributed by atoms with Gasteiger partial charge in [-0.1, -0.05) is 18.2 Å². The Bertz CT molecular complexity index is 628. The maximum atomic E-state index is 10.0. The number of phenols is 1. The van der Waals surface area contributed by atoms with Crippen molar-refractivity contribution >= 4 is 29.9 Å². The van der Waals surface area contributed by atoms with Crippen molar-refractivity contribution in [3.05, 3.63) is 35.9 Å². The predicted octanol–water partition coefficient (Wildman–Crippen LogP) is 2.77. The maximum Gasteiger partial charge on any atom is 0.191 e. The van der Waals surface area contributed by atoms with E-state index in [4.69, 9.17) is 4.74 Å². The zero-order valence-corrected chi connectivity index (χ0v) is 19.0. The highest BCUT2D eigenvalue weighted by Crippen LogP contribution is 2.23. The molecule has 0 atom stereocenters. The minimum Gasteiger partial charge on any atom is -0.508 e. The average Bonchev–Trinajstić information content (AvgIpc) is 2.63. The van der Waals surface area contributed by atoms with Crippen LogP contribution in [0.1, 0.15) is 25.3 Å². The summed E-state index contributed by atoms with van der Waals surface area (Å²) < 4.78 is 5.11. The van der Waals surface area contributed by atoms with E-state index in [-0.39, 0.29) is 29.7 Å². The molecule has 27 heavy (non-hydrogen) atoms. The highest BCUT2D eigenvalue weighted by molar-refractivity contribution is 14.0. The Morgan fingerprint density at radius 1 is 1.37 bits per heavy atom. The molecule has 1 aliphatic rings. The van der Waals surface area contributed by atoms with Crippen molar-refractivity contribution in [2.45, 2.75) is 32.2 Å². The molecule has 1 aromatic carbocycles. The number of halogens is 1. The third kappa shape index (κ3) is 7.96. The largest absolute Gasteiger partial charge is 0.508 e. The zero-order chi connectivity index (χ0) is 18.9. The Balaban J connectivity index is 0.00000364. The van der Waals surface area contributed by atoms with Crippen molar-refractivity contribution in [3.8, 4) is 11.5 Å². The summed E-state index contributed by atoms with van der Waals surface area (Å²) in [7, 11) is 3.38. The second-order valence-electron chi connectivity index (χ2n) is 6.90. The molecular formula is C20H33IN4O2. The van der Waals surface area contributed by atoms with Crippen molar-refractivity contribution in [2.75, 3.05) is 40.3 Å². The zero-order valence-electron chi connectivity index (χ0n) is 16.6. The second kappa shape index (κ2) is 12.1. The van der Waals surface area contributed by atoms with E-state index in [2.05, 4.69) is 34.0 Å². The first-order valence-electron chi connectivity index (χ1n) is 9.21. The van der Waals surface area contributed by atoms with Gasteiger partial charge >= 0.3 is 0 Å². The molecule has 1 aliphatic heterocycles. The van der Waals surface area contributed by atoms with Gasteiger partial charge < -0.3 is 20.5 Å². The molecule has 152 valence electrons. The van der Waals surface area contributed by atoms with Gasteiger partial charge in [0.2, 0.25) is 0 Å². The summed E-state index contributed by atoms with van der Waals surface area (Å²) in [5.74, 6) is 1.74. The summed E-state index contributed by atoms with van der Waals surface area (Å²) in [6.45, 7) is 9.94. The number of hydrogen-bond acceptors (Lipinski definition) is 4. The molecule has 1 aromatic rings. The van der Waals surface area contributed by atoms with E-state index < -0.39 is 0 Å². The number of rotatable bonds is 7. The van der Waals surface area contributed by atoms with Gasteiger partial charge in [-0.15, -0.1) is 24.0 Å². The van der Waals surface area contributed by atoms with Gasteiger partial charge in [0, 0.05) is 45.3 Å². The summed E-state index contributed by atoms with van der Waals surface area (Å²) in [5, 5.41) is 16.9. The smallest absolute Gasteiger partial charge is 0.191 e. The van der Waals surface area contributed by atoms with Crippen LogP contribution in [0.2, 0.25) is 0 Å². The summed E-state index contributed by atoms with van der Waals surface area (Å²) in [5.41, 5.74) is 2.11. The molecule has 0 saturated carbocycles. The van der Waals surface area contributed by atoms with Crippen LogP contribution in [0, 0.1) is 0 Å². The number of phenolic OH excluding ortho intramolecular Hbond substituents is 1. The molecule has 0 aliphatic carbocycles. The summed E-state index contributed by atoms with van der Waals surface area (Å²) >= 11 is 0. The molecular weight excluding hydrogens is 455 g/mol. The summed E-state index contributed by atoms with van der Waals surface area (Å²) in [4.78, 5) is 6.76. The third-order valence-corrected chi connectivity index (χ3v) is 4.62. The molecule has 0 radical (unpaired) electrons. The Morgan fingerprint density at radius 2 is 2.07 bits per heavy atom. The Morgan fingerprint density at radius 3 is 2.63 bits per heavy atom. The highest BCUT2D eigenvalue weighted by Gasteiger charge is 2.19. The molecule has 0 unspecified atom stereocenters. The molecule has 7 heteroatoms. The maximum absolute atomic E-state index is 10.0. The first-order valence-corrected chi connectivity index (χ1v) is 9.21. The van der Waals surface area contributed by atoms with Crippen molar-refractivity contribution < 1.29 is 9.84 Å². The fourth-order valence-electron chi connectivity index (χ4n) is 3.20. The SMILES string of the molecule is C=C(C)CN1CCC(NC(=NC)NCCc2ccc(OC)cc2O)CC1.I. The van der Waals surface area contributed by atoms with Crippen molar-refractivity contribution in [1.82, 2.24) is 15.5 Å². The van der Waals surface area contributed by atoms with Crippen molar-refractivity contribution in [2.24, 2.45) is 4.99 Å². The van der Waals surface area contributed by atoms with E-state index in [0.717, 1.165) is 44.0 Å². The molecule has 1 heterocycles. The Kier molecular flexibility index (Phi) is 10.5. The standard InChI is InChI=1S/C20H32N4O2.HI/c1-15(2)14-24-11-8-17(9-12-24)23-20(21-3)22-10-7-16-5-6-18(26-4)13-19(16)25;/h5-6,13,17,25H,1,7-12,14H2,2-4H3,(H2,21,22,23);1H. The van der Waals surface area contributed by atoms with Crippen LogP contribution in [-0.4, -0.2) is 62.3 Å². The monoisotopic (exact) mass is 488 g/mol. The van der Waals surface area contributed by atoms with E-state index >= 15 is 0 Å². The fraction of sp³-hybridized carbons (Fsp3) is 0.550. The van der Waals surface area contributed by atoms with E-state index in [1.165, 1.54) is 5.57 Å². The molecule has 0 amide bonds. The number of aliphatic imine (C=N–C) groups is 1. The van der Waals surface area contributed by atoms with Gasteiger partial charge in [-0.2, -0.15) is 0 Å². The van der Waals surface area contributed by atoms with Gasteiger partial charge in [0.05, 0.1) is 7.11 Å². The van der Waals surface area contributed by atoms with Gasteiger partial charge in [0.1, 0.15) is 11.5 Å². The quantitative estimate of drug-likeness (QED) is 0.239. The number of piperidine rings is 1. The molecule has 1 saturated heterocycles. The molecule has 0 bridgehead atoms. The molecule has 1 fully saturated rings. The Labute approximate surface area is 180 Å². The van der Waals surface area contributed by atoms with Crippen LogP contribution in [0.3, 0.4) is 0 Å².